The maximum absolute atomic E-state index is 13.6. The number of methoxy groups -OCH3 is 3. The van der Waals surface area contributed by atoms with Gasteiger partial charge in [0, 0.05) is 91.5 Å². The third-order valence-corrected chi connectivity index (χ3v) is 16.6. The second-order valence-electron chi connectivity index (χ2n) is 23.1. The van der Waals surface area contributed by atoms with Crippen LogP contribution in [-0.2, 0) is 46.4 Å². The van der Waals surface area contributed by atoms with Crippen LogP contribution in [0.4, 0.5) is 17.1 Å². The number of nitrogens with one attached hydrogen (secondary N) is 6. The van der Waals surface area contributed by atoms with Crippen LogP contribution in [0.25, 0.3) is 21.8 Å². The summed E-state index contributed by atoms with van der Waals surface area (Å²) in [5.74, 6) is 2.32. The lowest BCUT2D eigenvalue weighted by atomic mass is 10.0. The molecule has 10 aromatic rings. The maximum atomic E-state index is 13.6. The molecule has 2 aliphatic heterocycles. The van der Waals surface area contributed by atoms with E-state index in [0.717, 1.165) is 32.9 Å². The molecular weight excluding hydrogens is 1260 g/mol. The van der Waals surface area contributed by atoms with E-state index in [2.05, 4.69) is 31.2 Å². The van der Waals surface area contributed by atoms with Gasteiger partial charge in [-0.25, -0.2) is 0 Å². The van der Waals surface area contributed by atoms with Crippen LogP contribution in [0, 0.1) is 0 Å². The average Bonchev–Trinajstić information content (AvgIpc) is 1.81. The third-order valence-electron chi connectivity index (χ3n) is 16.6. The summed E-state index contributed by atoms with van der Waals surface area (Å²) in [6, 6.07) is 53.8. The Kier molecular flexibility index (Phi) is 23.1. The molecule has 0 spiro atoms. The second kappa shape index (κ2) is 32.9. The molecule has 99 heavy (non-hydrogen) atoms. The van der Waals surface area contributed by atoms with Gasteiger partial charge in [0.15, 0.2) is 23.0 Å². The van der Waals surface area contributed by atoms with E-state index in [1.54, 1.807) is 169 Å². The maximum Gasteiger partial charge on any atom is 0.251 e. The number of fused-ring (bicyclic) bond motifs is 4. The number of amides is 7. The van der Waals surface area contributed by atoms with Crippen LogP contribution in [0.2, 0.25) is 0 Å². The predicted molar refractivity (Wildman–Crippen MR) is 375 cm³/mol. The minimum Gasteiger partial charge on any atom is -0.497 e. The van der Waals surface area contributed by atoms with E-state index in [1.807, 2.05) is 67.0 Å². The first-order chi connectivity index (χ1) is 48.0. The first-order valence-corrected chi connectivity index (χ1v) is 31.8. The molecule has 0 bridgehead atoms. The lowest BCUT2D eigenvalue weighted by Gasteiger charge is -2.28. The van der Waals surface area contributed by atoms with Gasteiger partial charge in [0.05, 0.1) is 40.7 Å². The van der Waals surface area contributed by atoms with Crippen LogP contribution < -0.4 is 54.4 Å². The summed E-state index contributed by atoms with van der Waals surface area (Å²) in [5, 5.41) is 13.1. The summed E-state index contributed by atoms with van der Waals surface area (Å²) in [7, 11) is 9.58. The van der Waals surface area contributed by atoms with Crippen molar-refractivity contribution in [1.29, 1.82) is 0 Å². The number of hydrogen-bond donors (Lipinski definition) is 6. The number of likely N-dealkylation sites (N-methyl/N-ethyl adjacent to an activating group) is 3. The highest BCUT2D eigenvalue weighted by Crippen LogP contribution is 2.36. The predicted octanol–water partition coefficient (Wildman–Crippen LogP) is 10.6. The van der Waals surface area contributed by atoms with Gasteiger partial charge in [-0.15, -0.1) is 0 Å². The fraction of sp³-hybridized carbons (Fsp3) is 0.224. The normalized spacial score (nSPS) is 12.6. The molecule has 7 amide bonds. The number of H-pyrrole nitrogens is 2. The molecule has 0 aliphatic carbocycles. The van der Waals surface area contributed by atoms with Crippen LogP contribution in [-0.4, -0.2) is 141 Å². The summed E-state index contributed by atoms with van der Waals surface area (Å²) in [6.45, 7) is 3.00. The number of nitrogens with zero attached hydrogens (tertiary/aromatic N) is 3. The number of ether oxygens (including phenoxy) is 7. The molecule has 3 atom stereocenters. The highest BCUT2D eigenvalue weighted by molar-refractivity contribution is 6.01. The van der Waals surface area contributed by atoms with Gasteiger partial charge in [0.25, 0.3) is 17.7 Å². The molecule has 2 aromatic heterocycles. The average molecular weight is 1340 g/mol. The van der Waals surface area contributed by atoms with Crippen LogP contribution in [0.3, 0.4) is 0 Å². The van der Waals surface area contributed by atoms with Crippen LogP contribution in [0.5, 0.6) is 40.2 Å². The summed E-state index contributed by atoms with van der Waals surface area (Å²) >= 11 is 0. The number of aromatic nitrogens is 2. The highest BCUT2D eigenvalue weighted by atomic mass is 16.6. The summed E-state index contributed by atoms with van der Waals surface area (Å²) in [4.78, 5) is 101. The zero-order valence-corrected chi connectivity index (χ0v) is 55.8. The fourth-order valence-electron chi connectivity index (χ4n) is 11.3. The van der Waals surface area contributed by atoms with E-state index in [-0.39, 0.29) is 60.7 Å². The molecule has 510 valence electrons. The number of anilines is 3. The molecule has 23 nitrogen and oxygen atoms in total. The summed E-state index contributed by atoms with van der Waals surface area (Å²) in [5.41, 5.74) is 7.40. The zero-order valence-electron chi connectivity index (χ0n) is 55.8. The minimum absolute atomic E-state index is 0.157. The quantitative estimate of drug-likeness (QED) is 0.0391. The van der Waals surface area contributed by atoms with Gasteiger partial charge in [-0.2, -0.15) is 0 Å². The molecule has 0 saturated carbocycles. The van der Waals surface area contributed by atoms with Crippen molar-refractivity contribution in [2.45, 2.75) is 37.9 Å². The first kappa shape index (κ1) is 69.6. The lowest BCUT2D eigenvalue weighted by Crippen LogP contribution is -2.43. The van der Waals surface area contributed by atoms with Crippen molar-refractivity contribution in [3.8, 4) is 40.2 Å². The van der Waals surface area contributed by atoms with Gasteiger partial charge in [0.2, 0.25) is 23.6 Å². The van der Waals surface area contributed by atoms with Crippen LogP contribution in [0.1, 0.15) is 52.9 Å². The van der Waals surface area contributed by atoms with E-state index in [1.165, 1.54) is 28.7 Å². The molecule has 6 N–H and O–H groups in total. The van der Waals surface area contributed by atoms with Crippen LogP contribution >= 0.6 is 0 Å². The Bertz CT molecular complexity index is 4470. The van der Waals surface area contributed by atoms with Gasteiger partial charge in [-0.1, -0.05) is 91.0 Å². The number of rotatable bonds is 21. The first-order valence-electron chi connectivity index (χ1n) is 31.8. The highest BCUT2D eigenvalue weighted by Gasteiger charge is 2.33. The van der Waals surface area contributed by atoms with Crippen LogP contribution in [0.15, 0.2) is 200 Å². The Hall–Kier alpha value is -12.3. The monoisotopic (exact) mass is 1340 g/mol. The smallest absolute Gasteiger partial charge is 0.251 e. The van der Waals surface area contributed by atoms with E-state index < -0.39 is 18.1 Å². The fourth-order valence-corrected chi connectivity index (χ4v) is 11.3. The SMILES string of the molecule is CC(=O)NCC(=O)N(C)C(C(=O)Nc1ccc2c(c1)OCCO2)c1ccccc1.COc1ccc(C(C(=O)Nc2ccc3c(c2)OCCO3)N(C)C(=O)Cc2c[nH]c3ccccc23)cc1.COc1ccc(NC(=O)C(c2ccc(OC)cc2)N(C)C(=O)Cc2c[nH]c3ccccc23)cc1. The van der Waals surface area contributed by atoms with E-state index >= 15 is 0 Å². The molecule has 4 heterocycles. The van der Waals surface area contributed by atoms with Gasteiger partial charge < -0.3 is 79.1 Å². The Labute approximate surface area is 572 Å². The van der Waals surface area contributed by atoms with E-state index in [0.29, 0.717) is 100 Å². The van der Waals surface area contributed by atoms with E-state index in [4.69, 9.17) is 33.2 Å². The Morgan fingerprint density at radius 3 is 1.16 bits per heavy atom. The van der Waals surface area contributed by atoms with E-state index in [9.17, 15) is 33.6 Å². The molecular formula is C76H77N9O14. The van der Waals surface area contributed by atoms with Gasteiger partial charge >= 0.3 is 0 Å². The van der Waals surface area contributed by atoms with Crippen molar-refractivity contribution < 1.29 is 66.7 Å². The molecule has 23 heteroatoms. The van der Waals surface area contributed by atoms with Crippen molar-refractivity contribution in [1.82, 2.24) is 30.0 Å². The Morgan fingerprint density at radius 1 is 0.414 bits per heavy atom. The number of carbonyl (C=O) groups is 7. The van der Waals surface area contributed by atoms with Gasteiger partial charge in [-0.05, 0) is 113 Å². The zero-order chi connectivity index (χ0) is 70.0. The largest absolute Gasteiger partial charge is 0.497 e. The number of hydrogen-bond acceptors (Lipinski definition) is 14. The summed E-state index contributed by atoms with van der Waals surface area (Å²) < 4.78 is 37.9. The standard InChI is InChI=1S/C28H27N3O5.C27H27N3O4.C21H23N3O5/c1-31(26(32)15-19-17-29-23-6-4-3-5-22(19)23)27(18-7-10-21(34-2)11-8-18)28(33)30-20-9-12-24-25(16-20)36-14-13-35-24;1-30(25(31)16-19-17-28-24-7-5-4-6-23(19)24)26(18-8-12-21(33-2)13-9-18)27(32)29-20-10-14-22(34-3)15-11-20;1-14(25)22-13-19(26)24(2)20(15-6-4-3-5-7-15)21(27)23-16-8-9-17-18(12-16)29-11-10-28-17/h3-12,16-17,27,29H,13-15H2,1-2H3,(H,30,33);4-15,17,26,28H,16H2,1-3H3,(H,29,32);3-9,12,20H,10-11,13H2,1-2H3,(H,22,25)(H,23,27). The third kappa shape index (κ3) is 17.6. The summed E-state index contributed by atoms with van der Waals surface area (Å²) in [6.07, 6.45) is 4.01. The van der Waals surface area contributed by atoms with Crippen molar-refractivity contribution >= 4 is 80.2 Å². The molecule has 0 saturated heterocycles. The number of aromatic amines is 2. The van der Waals surface area contributed by atoms with Crippen molar-refractivity contribution in [3.05, 3.63) is 228 Å². The Morgan fingerprint density at radius 2 is 0.758 bits per heavy atom. The molecule has 0 radical (unpaired) electrons. The van der Waals surface area contributed by atoms with Gasteiger partial charge in [0.1, 0.15) is 61.8 Å². The molecule has 3 unspecified atom stereocenters. The van der Waals surface area contributed by atoms with Gasteiger partial charge in [-0.3, -0.25) is 33.6 Å². The topological polar surface area (TPSA) is 274 Å². The molecule has 0 fully saturated rings. The second-order valence-corrected chi connectivity index (χ2v) is 23.1. The minimum atomic E-state index is -0.870. The number of benzene rings is 8. The van der Waals surface area contributed by atoms with Crippen molar-refractivity contribution in [2.75, 3.05) is 91.4 Å². The molecule has 12 rings (SSSR count). The van der Waals surface area contributed by atoms with Crippen molar-refractivity contribution in [2.24, 2.45) is 0 Å². The lowest BCUT2D eigenvalue weighted by molar-refractivity contribution is -0.137. The Balaban J connectivity index is 0.000000162. The molecule has 2 aliphatic rings. The number of para-hydroxylation sites is 2. The van der Waals surface area contributed by atoms with Crippen molar-refractivity contribution in [3.63, 3.8) is 0 Å². The number of carbonyl (C=O) groups excluding carboxylic acids is 7. The molecule has 8 aromatic carbocycles.